The lowest BCUT2D eigenvalue weighted by atomic mass is 9.84. The molecule has 2 aliphatic heterocycles. The Labute approximate surface area is 123 Å². The van der Waals surface area contributed by atoms with Gasteiger partial charge in [-0.05, 0) is 25.0 Å². The van der Waals surface area contributed by atoms with Crippen molar-refractivity contribution in [3.05, 3.63) is 29.1 Å². The van der Waals surface area contributed by atoms with Crippen LogP contribution in [-0.4, -0.2) is 16.7 Å². The van der Waals surface area contributed by atoms with Gasteiger partial charge in [0.05, 0.1) is 6.04 Å². The summed E-state index contributed by atoms with van der Waals surface area (Å²) < 4.78 is 2.16. The van der Waals surface area contributed by atoms with E-state index in [-0.39, 0.29) is 12.0 Å². The van der Waals surface area contributed by atoms with Crippen LogP contribution in [0.5, 0.6) is 0 Å². The molecule has 1 unspecified atom stereocenters. The second-order valence-electron chi connectivity index (χ2n) is 6.15. The molecule has 1 aliphatic carbocycles. The molecule has 0 saturated heterocycles. The molecular formula is C17H19N3O. The van der Waals surface area contributed by atoms with Crippen molar-refractivity contribution in [2.45, 2.75) is 44.6 Å². The number of hydrogen-bond donors (Lipinski definition) is 0. The lowest BCUT2D eigenvalue weighted by molar-refractivity contribution is -0.124. The van der Waals surface area contributed by atoms with Crippen molar-refractivity contribution < 1.29 is 4.79 Å². The first-order chi connectivity index (χ1) is 10.3. The Bertz CT molecular complexity index is 748. The lowest BCUT2D eigenvalue weighted by Crippen LogP contribution is -2.34. The monoisotopic (exact) mass is 281 g/mol. The number of nitrogens with zero attached hydrogens (tertiary/aromatic N) is 3. The summed E-state index contributed by atoms with van der Waals surface area (Å²) in [6, 6.07) is 2.14. The van der Waals surface area contributed by atoms with E-state index in [1.807, 2.05) is 12.1 Å². The molecule has 3 heterocycles. The van der Waals surface area contributed by atoms with Crippen molar-refractivity contribution >= 4 is 23.9 Å². The molecule has 1 aromatic heterocycles. The average Bonchev–Trinajstić information content (AvgIpc) is 3.09. The minimum atomic E-state index is 0.0913. The first-order valence-electron chi connectivity index (χ1n) is 7.86. The van der Waals surface area contributed by atoms with Gasteiger partial charge in [-0.15, -0.1) is 0 Å². The number of allylic oxidation sites excluding steroid dienone is 2. The van der Waals surface area contributed by atoms with E-state index in [0.29, 0.717) is 12.2 Å². The maximum absolute atomic E-state index is 12.6. The lowest BCUT2D eigenvalue weighted by Gasteiger charge is -2.23. The highest BCUT2D eigenvalue weighted by molar-refractivity contribution is 5.82. The Hall–Kier alpha value is -1.97. The fourth-order valence-electron chi connectivity index (χ4n) is 3.69. The molecule has 4 rings (SSSR count). The predicted molar refractivity (Wildman–Crippen MR) is 82.2 cm³/mol. The van der Waals surface area contributed by atoms with Gasteiger partial charge < -0.3 is 4.57 Å². The van der Waals surface area contributed by atoms with Crippen LogP contribution >= 0.6 is 0 Å². The summed E-state index contributed by atoms with van der Waals surface area (Å²) in [4.78, 5) is 21.2. The highest BCUT2D eigenvalue weighted by Crippen LogP contribution is 2.28. The van der Waals surface area contributed by atoms with E-state index in [0.717, 1.165) is 29.4 Å². The summed E-state index contributed by atoms with van der Waals surface area (Å²) in [6.45, 7) is 0. The van der Waals surface area contributed by atoms with E-state index in [2.05, 4.69) is 26.7 Å². The second-order valence-corrected chi connectivity index (χ2v) is 6.15. The van der Waals surface area contributed by atoms with Crippen molar-refractivity contribution in [2.75, 3.05) is 0 Å². The largest absolute Gasteiger partial charge is 0.317 e. The van der Waals surface area contributed by atoms with Crippen LogP contribution in [0.2, 0.25) is 0 Å². The van der Waals surface area contributed by atoms with E-state index in [9.17, 15) is 4.79 Å². The molecule has 0 radical (unpaired) electrons. The number of hydrogen-bond acceptors (Lipinski definition) is 3. The molecule has 1 aromatic rings. The van der Waals surface area contributed by atoms with E-state index < -0.39 is 0 Å². The predicted octanol–water partition coefficient (Wildman–Crippen LogP) is 2.21. The van der Waals surface area contributed by atoms with Crippen LogP contribution in [0.4, 0.5) is 5.69 Å². The summed E-state index contributed by atoms with van der Waals surface area (Å²) >= 11 is 0. The van der Waals surface area contributed by atoms with Crippen LogP contribution in [0.3, 0.4) is 0 Å². The van der Waals surface area contributed by atoms with Gasteiger partial charge in [-0.3, -0.25) is 4.79 Å². The SMILES string of the molecule is O=C(CC1C=CC=c2cc3c(n21)=NC=N3)C1CCCCC1. The quantitative estimate of drug-likeness (QED) is 0.838. The Morgan fingerprint density at radius 1 is 1.29 bits per heavy atom. The third-order valence-corrected chi connectivity index (χ3v) is 4.80. The molecule has 108 valence electrons. The number of aliphatic imine (C=N–C) groups is 1. The zero-order valence-electron chi connectivity index (χ0n) is 12.0. The van der Waals surface area contributed by atoms with Gasteiger partial charge in [0.15, 0.2) is 5.49 Å². The Balaban J connectivity index is 1.60. The number of carbonyl (C=O) groups excluding carboxylic acids is 1. The fraction of sp³-hybridized carbons (Fsp3) is 0.471. The molecule has 21 heavy (non-hydrogen) atoms. The third-order valence-electron chi connectivity index (χ3n) is 4.80. The molecule has 3 aliphatic rings. The highest BCUT2D eigenvalue weighted by atomic mass is 16.1. The van der Waals surface area contributed by atoms with Crippen molar-refractivity contribution in [1.29, 1.82) is 0 Å². The van der Waals surface area contributed by atoms with Crippen LogP contribution in [0.15, 0.2) is 28.2 Å². The van der Waals surface area contributed by atoms with Crippen LogP contribution in [0.1, 0.15) is 44.6 Å². The van der Waals surface area contributed by atoms with E-state index in [1.54, 1.807) is 6.34 Å². The maximum Gasteiger partial charge on any atom is 0.161 e. The summed E-state index contributed by atoms with van der Waals surface area (Å²) in [7, 11) is 0. The first kappa shape index (κ1) is 12.7. The van der Waals surface area contributed by atoms with E-state index in [1.165, 1.54) is 19.3 Å². The summed E-state index contributed by atoms with van der Waals surface area (Å²) in [5, 5.41) is 1.10. The van der Waals surface area contributed by atoms with Crippen molar-refractivity contribution in [1.82, 2.24) is 4.57 Å². The average molecular weight is 281 g/mol. The van der Waals surface area contributed by atoms with Crippen LogP contribution < -0.4 is 10.8 Å². The van der Waals surface area contributed by atoms with Crippen molar-refractivity contribution in [3.63, 3.8) is 0 Å². The summed E-state index contributed by atoms with van der Waals surface area (Å²) in [5.74, 6) is 0.692. The van der Waals surface area contributed by atoms with Gasteiger partial charge in [0.25, 0.3) is 0 Å². The standard InChI is InChI=1S/C17H19N3O/c21-16(12-5-2-1-3-6-12)10-14-8-4-7-13-9-15-17(20(13)14)19-11-18-15/h4,7-9,11-12,14H,1-3,5-6,10H2. The third kappa shape index (κ3) is 2.19. The zero-order chi connectivity index (χ0) is 14.2. The van der Waals surface area contributed by atoms with E-state index in [4.69, 9.17) is 0 Å². The Morgan fingerprint density at radius 3 is 3.00 bits per heavy atom. The van der Waals surface area contributed by atoms with Crippen molar-refractivity contribution in [3.8, 4) is 0 Å². The first-order valence-corrected chi connectivity index (χ1v) is 7.86. The molecule has 1 fully saturated rings. The molecule has 0 bridgehead atoms. The maximum atomic E-state index is 12.6. The van der Waals surface area contributed by atoms with Gasteiger partial charge in [-0.1, -0.05) is 31.4 Å². The van der Waals surface area contributed by atoms with Gasteiger partial charge in [0, 0.05) is 17.7 Å². The molecule has 1 saturated carbocycles. The van der Waals surface area contributed by atoms with Gasteiger partial charge in [-0.2, -0.15) is 0 Å². The normalized spacial score (nSPS) is 23.3. The molecule has 0 amide bonds. The topological polar surface area (TPSA) is 46.7 Å². The molecule has 0 aromatic carbocycles. The number of rotatable bonds is 3. The van der Waals surface area contributed by atoms with Gasteiger partial charge in [0.2, 0.25) is 0 Å². The molecular weight excluding hydrogens is 262 g/mol. The second kappa shape index (κ2) is 5.10. The number of aromatic nitrogens is 1. The smallest absolute Gasteiger partial charge is 0.161 e. The zero-order valence-corrected chi connectivity index (χ0v) is 12.0. The number of ketones is 1. The summed E-state index contributed by atoms with van der Waals surface area (Å²) in [5.41, 5.74) is 1.81. The van der Waals surface area contributed by atoms with Gasteiger partial charge in [0.1, 0.15) is 17.8 Å². The minimum absolute atomic E-state index is 0.0913. The number of Topliss-reactive ketones (excluding diaryl/α,β-unsaturated/α-hetero) is 1. The van der Waals surface area contributed by atoms with Crippen LogP contribution in [0.25, 0.3) is 6.08 Å². The van der Waals surface area contributed by atoms with Crippen LogP contribution in [0, 0.1) is 5.92 Å². The molecule has 4 heteroatoms. The molecule has 0 N–H and O–H groups in total. The number of fused-ring (bicyclic) bond motifs is 3. The molecule has 1 atom stereocenters. The number of carbonyl (C=O) groups is 1. The fourth-order valence-corrected chi connectivity index (χ4v) is 3.69. The molecule has 4 nitrogen and oxygen atoms in total. The summed E-state index contributed by atoms with van der Waals surface area (Å²) in [6.07, 6.45) is 14.2. The van der Waals surface area contributed by atoms with Crippen LogP contribution in [-0.2, 0) is 4.79 Å². The minimum Gasteiger partial charge on any atom is -0.317 e. The van der Waals surface area contributed by atoms with E-state index >= 15 is 0 Å². The molecule has 0 spiro atoms. The van der Waals surface area contributed by atoms with Gasteiger partial charge >= 0.3 is 0 Å². The highest BCUT2D eigenvalue weighted by Gasteiger charge is 2.25. The Kier molecular flexibility index (Phi) is 3.09. The Morgan fingerprint density at radius 2 is 2.14 bits per heavy atom. The van der Waals surface area contributed by atoms with Crippen molar-refractivity contribution in [2.24, 2.45) is 15.9 Å². The van der Waals surface area contributed by atoms with Gasteiger partial charge in [-0.25, -0.2) is 9.98 Å².